The van der Waals surface area contributed by atoms with Crippen LogP contribution in [-0.4, -0.2) is 58.1 Å². The third-order valence-electron chi connectivity index (χ3n) is 9.57. The van der Waals surface area contributed by atoms with Crippen molar-refractivity contribution < 1.29 is 37.3 Å². The zero-order valence-corrected chi connectivity index (χ0v) is 28.3. The van der Waals surface area contributed by atoms with E-state index in [0.717, 1.165) is 11.1 Å². The van der Waals surface area contributed by atoms with E-state index in [4.69, 9.17) is 9.47 Å². The second-order valence-electron chi connectivity index (χ2n) is 13.2. The average Bonchev–Trinajstić information content (AvgIpc) is 3.63. The van der Waals surface area contributed by atoms with Gasteiger partial charge >= 0.3 is 12.1 Å². The van der Waals surface area contributed by atoms with E-state index in [1.807, 2.05) is 60.7 Å². The Hall–Kier alpha value is -4.55. The number of aliphatic hydroxyl groups is 1. The lowest BCUT2D eigenvalue weighted by molar-refractivity contribution is -0.276. The summed E-state index contributed by atoms with van der Waals surface area (Å²) in [6, 6.07) is 33.9. The Labute approximate surface area is 295 Å². The number of nitrogens with one attached hydrogen (secondary N) is 1. The molecule has 0 aliphatic carbocycles. The molecule has 2 aliphatic heterocycles. The van der Waals surface area contributed by atoms with E-state index >= 15 is 0 Å². The van der Waals surface area contributed by atoms with E-state index in [1.165, 1.54) is 11.1 Å². The molecule has 51 heavy (non-hydrogen) atoms. The van der Waals surface area contributed by atoms with Gasteiger partial charge in [0, 0.05) is 43.3 Å². The van der Waals surface area contributed by atoms with Crippen LogP contribution < -0.4 is 5.32 Å². The summed E-state index contributed by atoms with van der Waals surface area (Å²) in [7, 11) is 0. The second kappa shape index (κ2) is 16.2. The van der Waals surface area contributed by atoms with Crippen LogP contribution in [0.3, 0.4) is 0 Å². The van der Waals surface area contributed by atoms with E-state index in [9.17, 15) is 27.9 Å². The number of ether oxygens (including phenoxy) is 2. The molecule has 2 N–H and O–H groups in total. The van der Waals surface area contributed by atoms with Crippen LogP contribution in [0.25, 0.3) is 0 Å². The van der Waals surface area contributed by atoms with Crippen molar-refractivity contribution >= 4 is 17.5 Å². The third-order valence-corrected chi connectivity index (χ3v) is 9.57. The van der Waals surface area contributed by atoms with Crippen molar-refractivity contribution in [3.8, 4) is 0 Å². The number of hydrogen-bond acceptors (Lipinski definition) is 6. The number of benzene rings is 4. The van der Waals surface area contributed by atoms with E-state index in [2.05, 4.69) is 41.4 Å². The first-order valence-corrected chi connectivity index (χ1v) is 17.2. The first-order valence-electron chi connectivity index (χ1n) is 17.2. The van der Waals surface area contributed by atoms with Gasteiger partial charge in [-0.25, -0.2) is 0 Å². The third kappa shape index (κ3) is 9.04. The summed E-state index contributed by atoms with van der Waals surface area (Å²) < 4.78 is 52.7. The number of carbonyl (C=O) groups is 2. The number of alkyl halides is 3. The molecule has 2 aliphatic rings. The maximum absolute atomic E-state index is 13.1. The number of rotatable bonds is 11. The Balaban J connectivity index is 1.22. The molecule has 0 bridgehead atoms. The summed E-state index contributed by atoms with van der Waals surface area (Å²) in [6.45, 7) is 3.96. The molecule has 2 amide bonds. The van der Waals surface area contributed by atoms with E-state index in [-0.39, 0.29) is 37.7 Å². The van der Waals surface area contributed by atoms with Crippen LogP contribution in [0, 0.1) is 5.92 Å². The van der Waals surface area contributed by atoms with E-state index in [0.29, 0.717) is 42.2 Å². The minimum Gasteiger partial charge on any atom is -0.392 e. The maximum atomic E-state index is 13.1. The molecule has 0 radical (unpaired) electrons. The molecule has 2 heterocycles. The maximum Gasteiger partial charge on any atom is 0.471 e. The van der Waals surface area contributed by atoms with Gasteiger partial charge in [-0.1, -0.05) is 104 Å². The predicted octanol–water partition coefficient (Wildman–Crippen LogP) is 7.16. The zero-order valence-electron chi connectivity index (χ0n) is 28.3. The van der Waals surface area contributed by atoms with Crippen molar-refractivity contribution in [1.82, 2.24) is 9.80 Å². The van der Waals surface area contributed by atoms with Crippen molar-refractivity contribution in [3.63, 3.8) is 0 Å². The van der Waals surface area contributed by atoms with Crippen molar-refractivity contribution in [2.24, 2.45) is 5.92 Å². The molecule has 0 saturated carbocycles. The summed E-state index contributed by atoms with van der Waals surface area (Å²) in [5, 5.41) is 12.3. The first kappa shape index (κ1) is 36.2. The summed E-state index contributed by atoms with van der Waals surface area (Å²) >= 11 is 0. The smallest absolute Gasteiger partial charge is 0.392 e. The molecule has 2 saturated heterocycles. The molecule has 6 rings (SSSR count). The fourth-order valence-electron chi connectivity index (χ4n) is 6.85. The van der Waals surface area contributed by atoms with Gasteiger partial charge in [0.25, 0.3) is 0 Å². The quantitative estimate of drug-likeness (QED) is 0.173. The fourth-order valence-corrected chi connectivity index (χ4v) is 6.85. The fraction of sp³-hybridized carbons (Fsp3) is 0.350. The Morgan fingerprint density at radius 2 is 1.41 bits per heavy atom. The minimum atomic E-state index is -5.04. The van der Waals surface area contributed by atoms with Gasteiger partial charge in [0.15, 0.2) is 6.29 Å². The lowest BCUT2D eigenvalue weighted by Gasteiger charge is -2.43. The Morgan fingerprint density at radius 3 is 1.98 bits per heavy atom. The van der Waals surface area contributed by atoms with Gasteiger partial charge in [-0.05, 0) is 47.2 Å². The second-order valence-corrected chi connectivity index (χ2v) is 13.2. The number of carbonyl (C=O) groups excluding carboxylic acids is 2. The monoisotopic (exact) mass is 701 g/mol. The van der Waals surface area contributed by atoms with Crippen LogP contribution in [0.4, 0.5) is 18.9 Å². The van der Waals surface area contributed by atoms with Gasteiger partial charge in [0.05, 0.1) is 18.8 Å². The number of aliphatic hydroxyl groups excluding tert-OH is 1. The van der Waals surface area contributed by atoms with Gasteiger partial charge in [-0.15, -0.1) is 0 Å². The molecule has 8 nitrogen and oxygen atoms in total. The summed E-state index contributed by atoms with van der Waals surface area (Å²) in [4.78, 5) is 27.9. The first-order chi connectivity index (χ1) is 24.6. The highest BCUT2D eigenvalue weighted by atomic mass is 19.4. The van der Waals surface area contributed by atoms with Crippen LogP contribution >= 0.6 is 0 Å². The largest absolute Gasteiger partial charge is 0.471 e. The molecule has 11 heteroatoms. The van der Waals surface area contributed by atoms with Crippen LogP contribution in [0.5, 0.6) is 0 Å². The number of amides is 2. The topological polar surface area (TPSA) is 91.3 Å². The summed E-state index contributed by atoms with van der Waals surface area (Å²) in [5.74, 6) is -2.72. The zero-order chi connectivity index (χ0) is 36.0. The molecule has 4 aromatic rings. The van der Waals surface area contributed by atoms with Gasteiger partial charge in [-0.3, -0.25) is 14.5 Å². The van der Waals surface area contributed by atoms with Crippen molar-refractivity contribution in [3.05, 3.63) is 137 Å². The molecular formula is C40H42F3N3O5. The lowest BCUT2D eigenvalue weighted by atomic mass is 9.89. The van der Waals surface area contributed by atoms with Crippen molar-refractivity contribution in [2.45, 2.75) is 70.2 Å². The van der Waals surface area contributed by atoms with Crippen LogP contribution in [0.15, 0.2) is 109 Å². The Bertz CT molecular complexity index is 1700. The number of hydrogen-bond donors (Lipinski definition) is 2. The highest BCUT2D eigenvalue weighted by Crippen LogP contribution is 2.42. The molecule has 5 atom stereocenters. The van der Waals surface area contributed by atoms with Gasteiger partial charge in [-0.2, -0.15) is 13.2 Å². The molecule has 5 unspecified atom stereocenters. The molecular weight excluding hydrogens is 659 g/mol. The predicted molar refractivity (Wildman–Crippen MR) is 186 cm³/mol. The van der Waals surface area contributed by atoms with Crippen LogP contribution in [-0.2, 0) is 38.8 Å². The number of halogens is 3. The SMILES string of the molecule is CC1C(CN(Cc2ccccc2)Cc2ccccc2)OC(c2ccc(NC(=O)C3CCCN3C(=O)C(F)(F)F)cc2)OC1c1ccc(CO)cc1. The number of likely N-dealkylation sites (tertiary alicyclic amines) is 1. The lowest BCUT2D eigenvalue weighted by Crippen LogP contribution is -2.48. The van der Waals surface area contributed by atoms with Gasteiger partial charge in [0.2, 0.25) is 5.91 Å². The molecule has 0 spiro atoms. The molecule has 2 fully saturated rings. The molecule has 268 valence electrons. The normalized spacial score (nSPS) is 22.2. The Morgan fingerprint density at radius 1 is 0.824 bits per heavy atom. The minimum absolute atomic E-state index is 0.0531. The Kier molecular flexibility index (Phi) is 11.5. The van der Waals surface area contributed by atoms with Crippen LogP contribution in [0.2, 0.25) is 0 Å². The van der Waals surface area contributed by atoms with Gasteiger partial charge < -0.3 is 24.8 Å². The van der Waals surface area contributed by atoms with Crippen molar-refractivity contribution in [1.29, 1.82) is 0 Å². The highest BCUT2D eigenvalue weighted by molar-refractivity contribution is 5.98. The summed E-state index contributed by atoms with van der Waals surface area (Å²) in [6.07, 6.45) is -5.93. The van der Waals surface area contributed by atoms with Crippen molar-refractivity contribution in [2.75, 3.05) is 18.4 Å². The van der Waals surface area contributed by atoms with Crippen LogP contribution in [0.1, 0.15) is 60.0 Å². The number of anilines is 1. The summed E-state index contributed by atoms with van der Waals surface area (Å²) in [5.41, 5.74) is 5.20. The van der Waals surface area contributed by atoms with E-state index < -0.39 is 30.3 Å². The average molecular weight is 702 g/mol. The van der Waals surface area contributed by atoms with E-state index in [1.54, 1.807) is 24.3 Å². The molecule has 0 aromatic heterocycles. The molecule has 4 aromatic carbocycles. The van der Waals surface area contributed by atoms with Gasteiger partial charge in [0.1, 0.15) is 6.04 Å². The number of nitrogens with zero attached hydrogens (tertiary/aromatic N) is 2. The standard InChI is InChI=1S/C40H42F3N3O5/c1-27-35(25-45(23-28-9-4-2-5-10-28)24-29-11-6-3-7-12-29)50-38(51-36(27)31-16-14-30(26-47)15-17-31)32-18-20-33(21-19-32)44-37(48)34-13-8-22-46(34)39(49)40(41,42)43/h2-7,9-12,14-21,27,34-36,38,47H,8,13,22-26H2,1H3,(H,44,48). The highest BCUT2D eigenvalue weighted by Gasteiger charge is 2.47.